The van der Waals surface area contributed by atoms with Crippen LogP contribution >= 0.6 is 11.6 Å². The van der Waals surface area contributed by atoms with Crippen molar-refractivity contribution in [1.29, 1.82) is 0 Å². The van der Waals surface area contributed by atoms with Gasteiger partial charge in [-0.15, -0.1) is 0 Å². The summed E-state index contributed by atoms with van der Waals surface area (Å²) < 4.78 is 68.0. The van der Waals surface area contributed by atoms with E-state index < -0.39 is 46.8 Å². The number of aliphatic imine (C=N–C) groups is 1. The number of benzene rings is 3. The molecule has 3 aromatic rings. The number of carbonyl (C=O) groups excluding carboxylic acids is 2. The van der Waals surface area contributed by atoms with E-state index in [0.29, 0.717) is 55.0 Å². The number of guanidine groups is 1. The van der Waals surface area contributed by atoms with Crippen LogP contribution in [0.2, 0.25) is 5.02 Å². The van der Waals surface area contributed by atoms with Gasteiger partial charge in [0.05, 0.1) is 29.4 Å². The maximum absolute atomic E-state index is 14.2. The summed E-state index contributed by atoms with van der Waals surface area (Å²) >= 11 is 6.34. The van der Waals surface area contributed by atoms with Gasteiger partial charge in [-0.25, -0.2) is 8.78 Å². The van der Waals surface area contributed by atoms with E-state index in [-0.39, 0.29) is 27.4 Å². The van der Waals surface area contributed by atoms with Crippen LogP contribution in [0.25, 0.3) is 0 Å². The first-order valence-corrected chi connectivity index (χ1v) is 12.1. The van der Waals surface area contributed by atoms with Crippen LogP contribution in [0.4, 0.5) is 33.3 Å². The van der Waals surface area contributed by atoms with E-state index >= 15 is 0 Å². The molecule has 200 valence electrons. The molecule has 0 spiro atoms. The number of carbonyl (C=O) groups is 2. The Morgan fingerprint density at radius 3 is 2.67 bits per heavy atom. The van der Waals surface area contributed by atoms with Crippen molar-refractivity contribution in [2.75, 3.05) is 23.7 Å². The molecule has 0 radical (unpaired) electrons. The molecule has 0 bridgehead atoms. The summed E-state index contributed by atoms with van der Waals surface area (Å²) in [7, 11) is 0. The van der Waals surface area contributed by atoms with Crippen LogP contribution in [-0.4, -0.2) is 35.8 Å². The standard InChI is InChI=1S/C26H17ClF5N5O2/c27-17-2-1-14(28)9-16(17)22-19-18(34-23(38)11-5-13(26(30,31)32)8-15(29)6-11)7-12-10-37-4-3-33-25(37)36-21(12)20(19)24(39)35-22/h1-2,5-9,22H,3-4,10H2,(H,33,36)(H,34,38)(H,35,39). The van der Waals surface area contributed by atoms with Gasteiger partial charge in [-0.3, -0.25) is 14.6 Å². The van der Waals surface area contributed by atoms with Gasteiger partial charge in [0, 0.05) is 40.5 Å². The third kappa shape index (κ3) is 4.34. The van der Waals surface area contributed by atoms with Crippen molar-refractivity contribution in [2.24, 2.45) is 4.99 Å². The lowest BCUT2D eigenvalue weighted by atomic mass is 9.92. The van der Waals surface area contributed by atoms with Gasteiger partial charge in [-0.05, 0) is 48.0 Å². The second kappa shape index (κ2) is 8.94. The van der Waals surface area contributed by atoms with Crippen molar-refractivity contribution in [3.8, 4) is 0 Å². The molecule has 7 nitrogen and oxygen atoms in total. The molecular weight excluding hydrogens is 545 g/mol. The average Bonchev–Trinajstić information content (AvgIpc) is 3.47. The molecule has 0 saturated carbocycles. The van der Waals surface area contributed by atoms with E-state index in [9.17, 15) is 31.5 Å². The molecule has 13 heteroatoms. The molecule has 1 atom stereocenters. The highest BCUT2D eigenvalue weighted by Crippen LogP contribution is 2.45. The third-order valence-corrected chi connectivity index (χ3v) is 7.12. The number of rotatable bonds is 3. The SMILES string of the molecule is O=C(Nc1cc2c(c3c1C(c1cc(F)ccc1Cl)NC3=O)NC1=NCCN1C2)c1cc(F)cc(C(F)(F)F)c1. The van der Waals surface area contributed by atoms with Crippen LogP contribution in [0, 0.1) is 11.6 Å². The Labute approximate surface area is 222 Å². The van der Waals surface area contributed by atoms with Gasteiger partial charge in [0.15, 0.2) is 5.96 Å². The first-order chi connectivity index (χ1) is 18.5. The van der Waals surface area contributed by atoms with Crippen LogP contribution < -0.4 is 16.0 Å². The molecule has 2 amide bonds. The molecule has 3 aliphatic rings. The Hall–Kier alpha value is -4.19. The van der Waals surface area contributed by atoms with E-state index in [1.807, 2.05) is 4.90 Å². The van der Waals surface area contributed by atoms with Crippen LogP contribution in [0.5, 0.6) is 0 Å². The second-order valence-corrected chi connectivity index (χ2v) is 9.66. The maximum Gasteiger partial charge on any atom is 0.416 e. The minimum absolute atomic E-state index is 0.0802. The molecule has 39 heavy (non-hydrogen) atoms. The Balaban J connectivity index is 1.50. The van der Waals surface area contributed by atoms with Crippen molar-refractivity contribution < 1.29 is 31.5 Å². The quantitative estimate of drug-likeness (QED) is 0.378. The zero-order valence-electron chi connectivity index (χ0n) is 19.7. The smallest absolute Gasteiger partial charge is 0.341 e. The van der Waals surface area contributed by atoms with Crippen molar-refractivity contribution in [1.82, 2.24) is 10.2 Å². The predicted octanol–water partition coefficient (Wildman–Crippen LogP) is 5.32. The lowest BCUT2D eigenvalue weighted by Crippen LogP contribution is -2.37. The van der Waals surface area contributed by atoms with Crippen molar-refractivity contribution in [3.05, 3.63) is 92.5 Å². The van der Waals surface area contributed by atoms with Crippen molar-refractivity contribution in [2.45, 2.75) is 18.8 Å². The summed E-state index contributed by atoms with van der Waals surface area (Å²) in [5.41, 5.74) is -0.173. The Kier molecular flexibility index (Phi) is 5.75. The van der Waals surface area contributed by atoms with Gasteiger partial charge in [0.1, 0.15) is 11.6 Å². The highest BCUT2D eigenvalue weighted by atomic mass is 35.5. The number of amides is 2. The van der Waals surface area contributed by atoms with Crippen LogP contribution in [0.3, 0.4) is 0 Å². The number of halogens is 6. The molecule has 0 aromatic heterocycles. The molecule has 6 rings (SSSR count). The normalized spacial score (nSPS) is 17.6. The summed E-state index contributed by atoms with van der Waals surface area (Å²) in [6, 6.07) is 5.71. The summed E-state index contributed by atoms with van der Waals surface area (Å²) in [4.78, 5) is 32.8. The molecule has 0 aliphatic carbocycles. The highest BCUT2D eigenvalue weighted by Gasteiger charge is 2.40. The number of alkyl halides is 3. The lowest BCUT2D eigenvalue weighted by molar-refractivity contribution is -0.137. The van der Waals surface area contributed by atoms with Gasteiger partial charge in [0.2, 0.25) is 0 Å². The van der Waals surface area contributed by atoms with Crippen molar-refractivity contribution >= 4 is 40.7 Å². The minimum atomic E-state index is -4.87. The first-order valence-electron chi connectivity index (χ1n) is 11.7. The fourth-order valence-electron chi connectivity index (χ4n) is 5.06. The lowest BCUT2D eigenvalue weighted by Gasteiger charge is -2.30. The second-order valence-electron chi connectivity index (χ2n) is 9.25. The molecule has 3 aliphatic heterocycles. The highest BCUT2D eigenvalue weighted by molar-refractivity contribution is 6.31. The van der Waals surface area contributed by atoms with E-state index in [2.05, 4.69) is 20.9 Å². The number of nitrogens with zero attached hydrogens (tertiary/aromatic N) is 2. The molecule has 3 heterocycles. The fraction of sp³-hybridized carbons (Fsp3) is 0.192. The van der Waals surface area contributed by atoms with Gasteiger partial charge < -0.3 is 20.9 Å². The third-order valence-electron chi connectivity index (χ3n) is 6.77. The molecule has 3 aromatic carbocycles. The topological polar surface area (TPSA) is 85.8 Å². The Morgan fingerprint density at radius 2 is 1.90 bits per heavy atom. The number of hydrogen-bond donors (Lipinski definition) is 3. The fourth-order valence-corrected chi connectivity index (χ4v) is 5.28. The van der Waals surface area contributed by atoms with Crippen LogP contribution in [0.15, 0.2) is 47.5 Å². The van der Waals surface area contributed by atoms with Gasteiger partial charge in [0.25, 0.3) is 11.8 Å². The number of fused-ring (bicyclic) bond motifs is 4. The monoisotopic (exact) mass is 561 g/mol. The van der Waals surface area contributed by atoms with Crippen LogP contribution in [-0.2, 0) is 12.7 Å². The molecular formula is C26H17ClF5N5O2. The largest absolute Gasteiger partial charge is 0.416 e. The molecule has 0 saturated heterocycles. The van der Waals surface area contributed by atoms with Gasteiger partial charge in [-0.1, -0.05) is 11.6 Å². The summed E-state index contributed by atoms with van der Waals surface area (Å²) in [5, 5.41) is 8.61. The van der Waals surface area contributed by atoms with E-state index in [0.717, 1.165) is 12.1 Å². The number of hydrogen-bond acceptors (Lipinski definition) is 5. The molecule has 3 N–H and O–H groups in total. The zero-order valence-corrected chi connectivity index (χ0v) is 20.5. The van der Waals surface area contributed by atoms with Crippen LogP contribution in [0.1, 0.15) is 49.0 Å². The minimum Gasteiger partial charge on any atom is -0.341 e. The molecule has 1 unspecified atom stereocenters. The van der Waals surface area contributed by atoms with E-state index in [1.54, 1.807) is 6.07 Å². The van der Waals surface area contributed by atoms with Gasteiger partial charge >= 0.3 is 6.18 Å². The summed E-state index contributed by atoms with van der Waals surface area (Å²) in [6.07, 6.45) is -4.87. The number of nitrogens with one attached hydrogen (secondary N) is 3. The maximum atomic E-state index is 14.2. The average molecular weight is 562 g/mol. The summed E-state index contributed by atoms with van der Waals surface area (Å²) in [6.45, 7) is 1.50. The van der Waals surface area contributed by atoms with Crippen molar-refractivity contribution in [3.63, 3.8) is 0 Å². The molecule has 0 fully saturated rings. The Morgan fingerprint density at radius 1 is 1.10 bits per heavy atom. The zero-order chi connectivity index (χ0) is 27.6. The predicted molar refractivity (Wildman–Crippen MR) is 133 cm³/mol. The van der Waals surface area contributed by atoms with Gasteiger partial charge in [-0.2, -0.15) is 13.2 Å². The Bertz CT molecular complexity index is 1610. The number of anilines is 2. The first kappa shape index (κ1) is 25.1. The van der Waals surface area contributed by atoms with E-state index in [1.165, 1.54) is 6.07 Å². The van der Waals surface area contributed by atoms with E-state index in [4.69, 9.17) is 11.6 Å². The summed E-state index contributed by atoms with van der Waals surface area (Å²) in [5.74, 6) is -2.85.